The van der Waals surface area contributed by atoms with E-state index in [0.29, 0.717) is 24.3 Å². The van der Waals surface area contributed by atoms with Crippen LogP contribution in [0.25, 0.3) is 10.9 Å². The van der Waals surface area contributed by atoms with E-state index >= 15 is 0 Å². The number of aromatic nitrogens is 2. The molecule has 0 bridgehead atoms. The van der Waals surface area contributed by atoms with Crippen molar-refractivity contribution in [2.45, 2.75) is 18.7 Å². The molecule has 1 fully saturated rings. The Morgan fingerprint density at radius 3 is 2.48 bits per heavy atom. The molecule has 7 nitrogen and oxygen atoms in total. The molecule has 1 aliphatic heterocycles. The minimum atomic E-state index is -3.60. The molecule has 3 aromatic rings. The van der Waals surface area contributed by atoms with Gasteiger partial charge < -0.3 is 4.90 Å². The Kier molecular flexibility index (Phi) is 5.06. The van der Waals surface area contributed by atoms with Crippen molar-refractivity contribution in [3.05, 3.63) is 65.6 Å². The normalized spacial score (nSPS) is 15.6. The zero-order chi connectivity index (χ0) is 20.6. The Hall–Kier alpha value is -2.84. The van der Waals surface area contributed by atoms with Crippen molar-refractivity contribution in [2.75, 3.05) is 26.2 Å². The lowest BCUT2D eigenvalue weighted by molar-refractivity contribution is 0.0697. The van der Waals surface area contributed by atoms with Crippen LogP contribution in [-0.2, 0) is 10.0 Å². The minimum Gasteiger partial charge on any atom is -0.336 e. The Labute approximate surface area is 170 Å². The summed E-state index contributed by atoms with van der Waals surface area (Å²) in [5, 5.41) is 0.928. The first-order chi connectivity index (χ1) is 13.9. The number of hydrogen-bond acceptors (Lipinski definition) is 5. The van der Waals surface area contributed by atoms with Crippen LogP contribution in [0.4, 0.5) is 0 Å². The van der Waals surface area contributed by atoms with Gasteiger partial charge in [0.25, 0.3) is 5.91 Å². The van der Waals surface area contributed by atoms with Crippen LogP contribution < -0.4 is 0 Å². The molecule has 150 valence electrons. The van der Waals surface area contributed by atoms with Crippen molar-refractivity contribution in [1.82, 2.24) is 19.2 Å². The van der Waals surface area contributed by atoms with Crippen molar-refractivity contribution in [2.24, 2.45) is 0 Å². The maximum absolute atomic E-state index is 13.1. The monoisotopic (exact) mass is 410 g/mol. The third kappa shape index (κ3) is 3.73. The first-order valence-electron chi connectivity index (χ1n) is 9.44. The fourth-order valence-electron chi connectivity index (χ4n) is 3.56. The van der Waals surface area contributed by atoms with Crippen LogP contribution in [0.15, 0.2) is 53.7 Å². The van der Waals surface area contributed by atoms with Crippen LogP contribution in [0.5, 0.6) is 0 Å². The summed E-state index contributed by atoms with van der Waals surface area (Å²) in [4.78, 5) is 23.4. The molecule has 0 radical (unpaired) electrons. The average molecular weight is 410 g/mol. The van der Waals surface area contributed by atoms with Gasteiger partial charge in [-0.25, -0.2) is 8.42 Å². The largest absolute Gasteiger partial charge is 0.336 e. The summed E-state index contributed by atoms with van der Waals surface area (Å²) in [7, 11) is -3.60. The SMILES string of the molecule is Cc1ccc2nc(C)c(C(=O)N3CCN(S(=O)(=O)c4cccnc4)CC3)cc2c1. The molecule has 0 spiro atoms. The van der Waals surface area contributed by atoms with Crippen LogP contribution >= 0.6 is 0 Å². The van der Waals surface area contributed by atoms with E-state index in [0.717, 1.165) is 16.5 Å². The maximum Gasteiger partial charge on any atom is 0.255 e. The van der Waals surface area contributed by atoms with Gasteiger partial charge in [-0.15, -0.1) is 0 Å². The van der Waals surface area contributed by atoms with E-state index in [-0.39, 0.29) is 23.9 Å². The molecule has 4 rings (SSSR count). The Morgan fingerprint density at radius 2 is 1.79 bits per heavy atom. The Bertz CT molecular complexity index is 1170. The fourth-order valence-corrected chi connectivity index (χ4v) is 4.95. The molecule has 3 heterocycles. The van der Waals surface area contributed by atoms with Gasteiger partial charge in [0.05, 0.1) is 16.8 Å². The molecule has 1 amide bonds. The third-order valence-electron chi connectivity index (χ3n) is 5.19. The van der Waals surface area contributed by atoms with Crippen molar-refractivity contribution in [3.63, 3.8) is 0 Å². The lowest BCUT2D eigenvalue weighted by atomic mass is 10.1. The summed E-state index contributed by atoms with van der Waals surface area (Å²) in [5.41, 5.74) is 3.20. The van der Waals surface area contributed by atoms with Gasteiger partial charge in [-0.1, -0.05) is 11.6 Å². The number of rotatable bonds is 3. The summed E-state index contributed by atoms with van der Waals surface area (Å²) in [6.45, 7) is 5.01. The van der Waals surface area contributed by atoms with Gasteiger partial charge in [0, 0.05) is 44.0 Å². The summed E-state index contributed by atoms with van der Waals surface area (Å²) in [6, 6.07) is 11.0. The standard InChI is InChI=1S/C21H22N4O3S/c1-15-5-6-20-17(12-15)13-19(16(2)23-20)21(26)24-8-10-25(11-9-24)29(27,28)18-4-3-7-22-14-18/h3-7,12-14H,8-11H2,1-2H3. The highest BCUT2D eigenvalue weighted by atomic mass is 32.2. The number of carbonyl (C=O) groups excluding carboxylic acids is 1. The molecular weight excluding hydrogens is 388 g/mol. The predicted octanol–water partition coefficient (Wildman–Crippen LogP) is 2.39. The molecule has 29 heavy (non-hydrogen) atoms. The van der Waals surface area contributed by atoms with Gasteiger partial charge in [-0.2, -0.15) is 4.31 Å². The van der Waals surface area contributed by atoms with E-state index in [1.165, 1.54) is 22.8 Å². The molecule has 8 heteroatoms. The quantitative estimate of drug-likeness (QED) is 0.662. The van der Waals surface area contributed by atoms with Crippen LogP contribution in [0.2, 0.25) is 0 Å². The topological polar surface area (TPSA) is 83.5 Å². The van der Waals surface area contributed by atoms with Crippen LogP contribution in [0, 0.1) is 13.8 Å². The lowest BCUT2D eigenvalue weighted by Gasteiger charge is -2.34. The number of aryl methyl sites for hydroxylation is 2. The second-order valence-corrected chi connectivity index (χ2v) is 9.14. The second kappa shape index (κ2) is 7.53. The van der Waals surface area contributed by atoms with Crippen molar-refractivity contribution in [1.29, 1.82) is 0 Å². The molecule has 1 aliphatic rings. The minimum absolute atomic E-state index is 0.114. The molecular formula is C21H22N4O3S. The number of fused-ring (bicyclic) bond motifs is 1. The Morgan fingerprint density at radius 1 is 1.03 bits per heavy atom. The molecule has 0 aliphatic carbocycles. The van der Waals surface area contributed by atoms with Crippen molar-refractivity contribution >= 4 is 26.8 Å². The van der Waals surface area contributed by atoms with Crippen LogP contribution in [0.3, 0.4) is 0 Å². The molecule has 0 unspecified atom stereocenters. The number of sulfonamides is 1. The number of benzene rings is 1. The van der Waals surface area contributed by atoms with Crippen molar-refractivity contribution < 1.29 is 13.2 Å². The highest BCUT2D eigenvalue weighted by Crippen LogP contribution is 2.21. The maximum atomic E-state index is 13.1. The molecule has 2 aromatic heterocycles. The van der Waals surface area contributed by atoms with Gasteiger partial charge >= 0.3 is 0 Å². The van der Waals surface area contributed by atoms with Gasteiger partial charge in [-0.3, -0.25) is 14.8 Å². The summed E-state index contributed by atoms with van der Waals surface area (Å²) in [5.74, 6) is -0.114. The summed E-state index contributed by atoms with van der Waals surface area (Å²) in [6.07, 6.45) is 2.88. The van der Waals surface area contributed by atoms with Crippen LogP contribution in [-0.4, -0.2) is 59.7 Å². The average Bonchev–Trinajstić information content (AvgIpc) is 2.74. The zero-order valence-corrected chi connectivity index (χ0v) is 17.2. The molecule has 1 aromatic carbocycles. The number of hydrogen-bond donors (Lipinski definition) is 0. The fraction of sp³-hybridized carbons (Fsp3) is 0.286. The van der Waals surface area contributed by atoms with E-state index < -0.39 is 10.0 Å². The molecule has 0 N–H and O–H groups in total. The number of carbonyl (C=O) groups is 1. The third-order valence-corrected chi connectivity index (χ3v) is 7.07. The number of pyridine rings is 2. The van der Waals surface area contributed by atoms with E-state index in [2.05, 4.69) is 9.97 Å². The highest BCUT2D eigenvalue weighted by molar-refractivity contribution is 7.89. The zero-order valence-electron chi connectivity index (χ0n) is 16.4. The highest BCUT2D eigenvalue weighted by Gasteiger charge is 2.31. The first-order valence-corrected chi connectivity index (χ1v) is 10.9. The van der Waals surface area contributed by atoms with Gasteiger partial charge in [0.1, 0.15) is 4.90 Å². The van der Waals surface area contributed by atoms with Gasteiger partial charge in [-0.05, 0) is 44.2 Å². The first kappa shape index (κ1) is 19.5. The molecule has 0 atom stereocenters. The predicted molar refractivity (Wildman–Crippen MR) is 110 cm³/mol. The molecule has 1 saturated heterocycles. The van der Waals surface area contributed by atoms with Crippen molar-refractivity contribution in [3.8, 4) is 0 Å². The number of piperazine rings is 1. The number of nitrogens with zero attached hydrogens (tertiary/aromatic N) is 4. The second-order valence-electron chi connectivity index (χ2n) is 7.20. The molecule has 0 saturated carbocycles. The number of amides is 1. The van der Waals surface area contributed by atoms with E-state index in [4.69, 9.17) is 0 Å². The lowest BCUT2D eigenvalue weighted by Crippen LogP contribution is -2.50. The summed E-state index contributed by atoms with van der Waals surface area (Å²) < 4.78 is 26.9. The smallest absolute Gasteiger partial charge is 0.255 e. The van der Waals surface area contributed by atoms with E-state index in [9.17, 15) is 13.2 Å². The Balaban J connectivity index is 1.52. The van der Waals surface area contributed by atoms with E-state index in [1.807, 2.05) is 38.1 Å². The van der Waals surface area contributed by atoms with E-state index in [1.54, 1.807) is 11.0 Å². The van der Waals surface area contributed by atoms with Gasteiger partial charge in [0.2, 0.25) is 10.0 Å². The van der Waals surface area contributed by atoms with Crippen LogP contribution in [0.1, 0.15) is 21.6 Å². The summed E-state index contributed by atoms with van der Waals surface area (Å²) >= 11 is 0. The van der Waals surface area contributed by atoms with Gasteiger partial charge in [0.15, 0.2) is 0 Å².